The van der Waals surface area contributed by atoms with Gasteiger partial charge in [0.15, 0.2) is 0 Å². The molecule has 0 saturated carbocycles. The van der Waals surface area contributed by atoms with Gasteiger partial charge in [-0.05, 0) is 58.1 Å². The van der Waals surface area contributed by atoms with E-state index >= 15 is 0 Å². The number of amides is 3. The van der Waals surface area contributed by atoms with Crippen LogP contribution in [0, 0.1) is 0 Å². The van der Waals surface area contributed by atoms with E-state index in [2.05, 4.69) is 5.32 Å². The van der Waals surface area contributed by atoms with Gasteiger partial charge in [0.2, 0.25) is 11.8 Å². The molecule has 0 unspecified atom stereocenters. The largest absolute Gasteiger partial charge is 0.444 e. The minimum atomic E-state index is -0.610. The maximum atomic E-state index is 12.8. The lowest BCUT2D eigenvalue weighted by molar-refractivity contribution is -0.132. The second kappa shape index (κ2) is 9.90. The van der Waals surface area contributed by atoms with Crippen LogP contribution in [0.5, 0.6) is 0 Å². The van der Waals surface area contributed by atoms with Crippen LogP contribution in [-0.4, -0.2) is 59.0 Å². The van der Waals surface area contributed by atoms with Gasteiger partial charge in [-0.3, -0.25) is 14.5 Å². The molecule has 2 atom stereocenters. The second-order valence-electron chi connectivity index (χ2n) is 9.14. The summed E-state index contributed by atoms with van der Waals surface area (Å²) in [7, 11) is 0. The van der Waals surface area contributed by atoms with E-state index in [0.717, 1.165) is 24.8 Å². The molecular formula is C23H32ClN3O4. The van der Waals surface area contributed by atoms with Crippen LogP contribution in [0.15, 0.2) is 24.3 Å². The number of halogens is 1. The van der Waals surface area contributed by atoms with Crippen LogP contribution in [0.25, 0.3) is 0 Å². The van der Waals surface area contributed by atoms with Crippen molar-refractivity contribution >= 4 is 29.5 Å². The first kappa shape index (κ1) is 23.4. The van der Waals surface area contributed by atoms with Crippen molar-refractivity contribution in [3.05, 3.63) is 34.9 Å². The highest BCUT2D eigenvalue weighted by atomic mass is 35.5. The Kier molecular flexibility index (Phi) is 7.46. The summed E-state index contributed by atoms with van der Waals surface area (Å²) in [5.41, 5.74) is 0.360. The fourth-order valence-corrected chi connectivity index (χ4v) is 4.53. The van der Waals surface area contributed by atoms with Crippen LogP contribution in [0.3, 0.4) is 0 Å². The zero-order valence-corrected chi connectivity index (χ0v) is 19.3. The van der Waals surface area contributed by atoms with Gasteiger partial charge in [0.25, 0.3) is 0 Å². The Balaban J connectivity index is 1.51. The summed E-state index contributed by atoms with van der Waals surface area (Å²) >= 11 is 6.33. The number of benzene rings is 1. The molecule has 8 heteroatoms. The van der Waals surface area contributed by atoms with Gasteiger partial charge in [-0.2, -0.15) is 0 Å². The molecule has 2 aliphatic rings. The lowest BCUT2D eigenvalue weighted by Crippen LogP contribution is -2.48. The molecule has 1 aromatic rings. The third-order valence-electron chi connectivity index (χ3n) is 5.66. The summed E-state index contributed by atoms with van der Waals surface area (Å²) in [6.45, 7) is 6.83. The third kappa shape index (κ3) is 5.91. The van der Waals surface area contributed by atoms with Gasteiger partial charge in [-0.15, -0.1) is 0 Å². The first-order valence-electron chi connectivity index (χ1n) is 11.0. The van der Waals surface area contributed by atoms with Gasteiger partial charge in [-0.1, -0.05) is 29.8 Å². The zero-order chi connectivity index (χ0) is 22.6. The van der Waals surface area contributed by atoms with Crippen molar-refractivity contribution in [3.8, 4) is 0 Å². The molecular weight excluding hydrogens is 418 g/mol. The van der Waals surface area contributed by atoms with E-state index < -0.39 is 17.7 Å². The molecule has 2 aliphatic heterocycles. The topological polar surface area (TPSA) is 79.0 Å². The lowest BCUT2D eigenvalue weighted by atomic mass is 10.0. The van der Waals surface area contributed by atoms with E-state index in [1.807, 2.05) is 29.2 Å². The molecule has 1 N–H and O–H groups in total. The highest BCUT2D eigenvalue weighted by molar-refractivity contribution is 6.31. The molecule has 1 aromatic carbocycles. The van der Waals surface area contributed by atoms with Gasteiger partial charge in [-0.25, -0.2) is 4.79 Å². The van der Waals surface area contributed by atoms with E-state index in [0.29, 0.717) is 24.5 Å². The quantitative estimate of drug-likeness (QED) is 0.739. The molecule has 170 valence electrons. The number of hydrogen-bond donors (Lipinski definition) is 1. The van der Waals surface area contributed by atoms with Crippen molar-refractivity contribution in [1.82, 2.24) is 15.1 Å². The van der Waals surface area contributed by atoms with Crippen LogP contribution < -0.4 is 5.32 Å². The van der Waals surface area contributed by atoms with Crippen LogP contribution in [0.1, 0.15) is 64.5 Å². The van der Waals surface area contributed by atoms with Crippen molar-refractivity contribution in [2.45, 2.75) is 70.6 Å². The average molecular weight is 450 g/mol. The van der Waals surface area contributed by atoms with Crippen LogP contribution in [0.2, 0.25) is 5.02 Å². The number of nitrogens with zero attached hydrogens (tertiary/aromatic N) is 2. The number of ether oxygens (including phenoxy) is 1. The Labute approximate surface area is 189 Å². The third-order valence-corrected chi connectivity index (χ3v) is 6.00. The van der Waals surface area contributed by atoms with E-state index in [1.54, 1.807) is 20.8 Å². The molecule has 2 saturated heterocycles. The van der Waals surface area contributed by atoms with E-state index in [1.165, 1.54) is 4.90 Å². The number of likely N-dealkylation sites (tertiary alicyclic amines) is 2. The summed E-state index contributed by atoms with van der Waals surface area (Å²) in [5, 5.41) is 3.50. The fourth-order valence-electron chi connectivity index (χ4n) is 4.27. The Morgan fingerprint density at radius 3 is 2.48 bits per heavy atom. The molecule has 7 nitrogen and oxygen atoms in total. The summed E-state index contributed by atoms with van der Waals surface area (Å²) in [6, 6.07) is 7.05. The second-order valence-corrected chi connectivity index (χ2v) is 9.55. The van der Waals surface area contributed by atoms with Gasteiger partial charge >= 0.3 is 6.09 Å². The van der Waals surface area contributed by atoms with Gasteiger partial charge < -0.3 is 15.0 Å². The number of nitrogens with one attached hydrogen (secondary N) is 1. The summed E-state index contributed by atoms with van der Waals surface area (Å²) in [4.78, 5) is 41.2. The lowest BCUT2D eigenvalue weighted by Gasteiger charge is -2.28. The summed E-state index contributed by atoms with van der Waals surface area (Å²) < 4.78 is 5.41. The highest BCUT2D eigenvalue weighted by Crippen LogP contribution is 2.35. The highest BCUT2D eigenvalue weighted by Gasteiger charge is 2.37. The fraction of sp³-hybridized carbons (Fsp3) is 0.609. The van der Waals surface area contributed by atoms with Crippen LogP contribution in [-0.2, 0) is 14.3 Å². The molecule has 0 aliphatic carbocycles. The van der Waals surface area contributed by atoms with Gasteiger partial charge in [0.1, 0.15) is 11.6 Å². The average Bonchev–Trinajstić information content (AvgIpc) is 3.36. The smallest absolute Gasteiger partial charge is 0.410 e. The molecule has 2 heterocycles. The predicted molar refractivity (Wildman–Crippen MR) is 119 cm³/mol. The summed E-state index contributed by atoms with van der Waals surface area (Å²) in [6.07, 6.45) is 2.91. The molecule has 0 aromatic heterocycles. The maximum absolute atomic E-state index is 12.8. The molecule has 0 radical (unpaired) electrons. The van der Waals surface area contributed by atoms with E-state index in [4.69, 9.17) is 16.3 Å². The van der Waals surface area contributed by atoms with E-state index in [9.17, 15) is 14.4 Å². The minimum Gasteiger partial charge on any atom is -0.444 e. The van der Waals surface area contributed by atoms with Crippen molar-refractivity contribution in [2.75, 3.05) is 19.6 Å². The van der Waals surface area contributed by atoms with Crippen LogP contribution in [0.4, 0.5) is 4.79 Å². The van der Waals surface area contributed by atoms with Crippen molar-refractivity contribution in [1.29, 1.82) is 0 Å². The standard InChI is InChI=1S/C23H32ClN3O4/c1-23(2,3)31-22(30)27-15-7-11-19(27)21(29)25-13-12-20(28)26-14-6-10-18(26)16-8-4-5-9-17(16)24/h4-5,8-9,18-19H,6-7,10-15H2,1-3H3,(H,25,29)/t18-,19-/m0/s1. The Morgan fingerprint density at radius 2 is 1.77 bits per heavy atom. The van der Waals surface area contributed by atoms with E-state index in [-0.39, 0.29) is 30.8 Å². The monoisotopic (exact) mass is 449 g/mol. The predicted octanol–water partition coefficient (Wildman–Crippen LogP) is 3.91. The number of carbonyl (C=O) groups is 3. The number of hydrogen-bond acceptors (Lipinski definition) is 4. The first-order chi connectivity index (χ1) is 14.7. The molecule has 31 heavy (non-hydrogen) atoms. The Bertz CT molecular complexity index is 823. The van der Waals surface area contributed by atoms with Crippen molar-refractivity contribution in [3.63, 3.8) is 0 Å². The van der Waals surface area contributed by atoms with Crippen LogP contribution >= 0.6 is 11.6 Å². The molecule has 3 rings (SSSR count). The molecule has 0 bridgehead atoms. The normalized spacial score (nSPS) is 21.3. The SMILES string of the molecule is CC(C)(C)OC(=O)N1CCC[C@H]1C(=O)NCCC(=O)N1CCC[C@H]1c1ccccc1Cl. The minimum absolute atomic E-state index is 0.00172. The first-order valence-corrected chi connectivity index (χ1v) is 11.4. The van der Waals surface area contributed by atoms with Gasteiger partial charge in [0, 0.05) is 31.1 Å². The molecule has 2 fully saturated rings. The van der Waals surface area contributed by atoms with Gasteiger partial charge in [0.05, 0.1) is 6.04 Å². The zero-order valence-electron chi connectivity index (χ0n) is 18.5. The van der Waals surface area contributed by atoms with Crippen molar-refractivity contribution in [2.24, 2.45) is 0 Å². The maximum Gasteiger partial charge on any atom is 0.410 e. The number of carbonyl (C=O) groups excluding carboxylic acids is 3. The Morgan fingerprint density at radius 1 is 1.10 bits per heavy atom. The molecule has 3 amide bonds. The summed E-state index contributed by atoms with van der Waals surface area (Å²) in [5.74, 6) is -0.238. The number of rotatable bonds is 5. The molecule has 0 spiro atoms. The Hall–Kier alpha value is -2.28. The van der Waals surface area contributed by atoms with Crippen molar-refractivity contribution < 1.29 is 19.1 Å².